The Labute approximate surface area is 133 Å². The quantitative estimate of drug-likeness (QED) is 0.465. The van der Waals surface area contributed by atoms with Gasteiger partial charge in [-0.15, -0.1) is 0 Å². The second-order valence-electron chi connectivity index (χ2n) is 4.26. The summed E-state index contributed by atoms with van der Waals surface area (Å²) in [6.45, 7) is 1.08. The molecule has 120 valence electrons. The van der Waals surface area contributed by atoms with Crippen molar-refractivity contribution in [2.45, 2.75) is 6.92 Å². The highest BCUT2D eigenvalue weighted by molar-refractivity contribution is 5.78. The van der Waals surface area contributed by atoms with Crippen molar-refractivity contribution < 1.29 is 24.5 Å². The predicted molar refractivity (Wildman–Crippen MR) is 86.7 cm³/mol. The summed E-state index contributed by atoms with van der Waals surface area (Å²) in [6, 6.07) is 18.6. The average molecular weight is 315 g/mol. The molecule has 0 bridgehead atoms. The Morgan fingerprint density at radius 2 is 1.48 bits per heavy atom. The second kappa shape index (κ2) is 9.62. The highest BCUT2D eigenvalue weighted by Gasteiger charge is 1.96. The minimum atomic E-state index is -1.29. The number of carboxylic acid groups (broad SMARTS) is 2. The summed E-state index contributed by atoms with van der Waals surface area (Å²) in [4.78, 5) is 22.1. The van der Waals surface area contributed by atoms with E-state index in [0.717, 1.165) is 6.92 Å². The molecule has 0 amide bonds. The first-order chi connectivity index (χ1) is 11.0. The molecule has 6 heteroatoms. The van der Waals surface area contributed by atoms with Gasteiger partial charge in [-0.3, -0.25) is 4.79 Å². The van der Waals surface area contributed by atoms with E-state index in [9.17, 15) is 4.79 Å². The van der Waals surface area contributed by atoms with Crippen LogP contribution in [0.1, 0.15) is 6.92 Å². The number of para-hydroxylation sites is 2. The van der Waals surface area contributed by atoms with Crippen LogP contribution in [0.4, 0.5) is 4.79 Å². The lowest BCUT2D eigenvalue weighted by atomic mass is 10.3. The number of benzene rings is 2. The first kappa shape index (κ1) is 17.8. The Morgan fingerprint density at radius 3 is 2.04 bits per heavy atom. The standard InChI is InChI=1S/C8H7N.C7H6O3.C2H4O2/c1-2-4-8-7(3-1)5-6-9-8;8-7(9)10-6-4-2-1-3-5-6;1-2(3)4/h1-6,9H;1-5H,(H,8,9);1H3,(H,3,4). The summed E-state index contributed by atoms with van der Waals surface area (Å²) < 4.78 is 4.33. The fourth-order valence-corrected chi connectivity index (χ4v) is 1.58. The molecule has 0 unspecified atom stereocenters. The van der Waals surface area contributed by atoms with Gasteiger partial charge < -0.3 is 19.9 Å². The van der Waals surface area contributed by atoms with Gasteiger partial charge in [0.05, 0.1) is 0 Å². The fourth-order valence-electron chi connectivity index (χ4n) is 1.58. The number of nitrogens with one attached hydrogen (secondary N) is 1. The molecular formula is C17H17NO5. The van der Waals surface area contributed by atoms with Gasteiger partial charge in [-0.25, -0.2) is 4.79 Å². The number of ether oxygens (including phenoxy) is 1. The van der Waals surface area contributed by atoms with Crippen molar-refractivity contribution in [1.29, 1.82) is 0 Å². The normalized spacial score (nSPS) is 8.91. The summed E-state index contributed by atoms with van der Waals surface area (Å²) in [7, 11) is 0. The van der Waals surface area contributed by atoms with Crippen LogP contribution >= 0.6 is 0 Å². The van der Waals surface area contributed by atoms with Crippen molar-refractivity contribution in [2.24, 2.45) is 0 Å². The third-order valence-corrected chi connectivity index (χ3v) is 2.41. The lowest BCUT2D eigenvalue weighted by molar-refractivity contribution is -0.134. The summed E-state index contributed by atoms with van der Waals surface area (Å²) in [5.41, 5.74) is 1.21. The van der Waals surface area contributed by atoms with E-state index in [4.69, 9.17) is 15.0 Å². The predicted octanol–water partition coefficient (Wildman–Crippen LogP) is 4.00. The number of carboxylic acids is 1. The maximum Gasteiger partial charge on any atom is 0.511 e. The number of aliphatic carboxylic acids is 1. The number of fused-ring (bicyclic) bond motifs is 1. The van der Waals surface area contributed by atoms with E-state index >= 15 is 0 Å². The maximum atomic E-state index is 9.95. The minimum absolute atomic E-state index is 0.343. The smallest absolute Gasteiger partial charge is 0.481 e. The lowest BCUT2D eigenvalue weighted by Gasteiger charge is -1.95. The molecule has 0 saturated carbocycles. The maximum absolute atomic E-state index is 9.95. The third kappa shape index (κ3) is 7.91. The largest absolute Gasteiger partial charge is 0.511 e. The van der Waals surface area contributed by atoms with E-state index in [0.29, 0.717) is 5.75 Å². The van der Waals surface area contributed by atoms with Gasteiger partial charge >= 0.3 is 6.16 Å². The third-order valence-electron chi connectivity index (χ3n) is 2.41. The molecule has 0 aliphatic heterocycles. The van der Waals surface area contributed by atoms with Crippen LogP contribution in [0, 0.1) is 0 Å². The molecule has 3 aromatic rings. The summed E-state index contributed by atoms with van der Waals surface area (Å²) >= 11 is 0. The summed E-state index contributed by atoms with van der Waals surface area (Å²) in [5.74, 6) is -0.491. The molecule has 0 aliphatic rings. The Kier molecular flexibility index (Phi) is 7.43. The zero-order chi connectivity index (χ0) is 17.1. The molecule has 0 fully saturated rings. The van der Waals surface area contributed by atoms with E-state index < -0.39 is 12.1 Å². The number of aromatic amines is 1. The number of hydrogen-bond donors (Lipinski definition) is 3. The van der Waals surface area contributed by atoms with Gasteiger partial charge in [-0.05, 0) is 29.7 Å². The van der Waals surface area contributed by atoms with Crippen LogP contribution < -0.4 is 4.74 Å². The molecule has 2 aromatic carbocycles. The first-order valence-electron chi connectivity index (χ1n) is 6.66. The van der Waals surface area contributed by atoms with Crippen molar-refractivity contribution in [3.63, 3.8) is 0 Å². The molecule has 1 heterocycles. The fraction of sp³-hybridized carbons (Fsp3) is 0.0588. The van der Waals surface area contributed by atoms with Crippen LogP contribution in [0.5, 0.6) is 5.75 Å². The molecule has 0 saturated heterocycles. The Bertz CT molecular complexity index is 703. The van der Waals surface area contributed by atoms with Crippen molar-refractivity contribution >= 4 is 23.0 Å². The second-order valence-corrected chi connectivity index (χ2v) is 4.26. The molecule has 0 atom stereocenters. The molecule has 23 heavy (non-hydrogen) atoms. The Hall–Kier alpha value is -3.28. The van der Waals surface area contributed by atoms with Crippen LogP contribution in [0.25, 0.3) is 10.9 Å². The van der Waals surface area contributed by atoms with Crippen LogP contribution in [-0.4, -0.2) is 27.3 Å². The van der Waals surface area contributed by atoms with E-state index in [2.05, 4.69) is 27.9 Å². The van der Waals surface area contributed by atoms with E-state index in [1.807, 2.05) is 18.3 Å². The zero-order valence-corrected chi connectivity index (χ0v) is 12.5. The highest BCUT2D eigenvalue weighted by Crippen LogP contribution is 2.09. The van der Waals surface area contributed by atoms with Gasteiger partial charge in [0, 0.05) is 18.6 Å². The topological polar surface area (TPSA) is 99.6 Å². The van der Waals surface area contributed by atoms with E-state index in [1.54, 1.807) is 30.3 Å². The average Bonchev–Trinajstić information content (AvgIpc) is 2.96. The molecule has 0 spiro atoms. The van der Waals surface area contributed by atoms with Crippen LogP contribution in [0.15, 0.2) is 66.9 Å². The van der Waals surface area contributed by atoms with Crippen molar-refractivity contribution in [3.05, 3.63) is 66.9 Å². The van der Waals surface area contributed by atoms with Crippen LogP contribution in [0.3, 0.4) is 0 Å². The van der Waals surface area contributed by atoms with Crippen molar-refractivity contribution in [1.82, 2.24) is 4.98 Å². The Balaban J connectivity index is 0.000000189. The number of carbonyl (C=O) groups is 2. The molecule has 1 aromatic heterocycles. The molecule has 0 aliphatic carbocycles. The van der Waals surface area contributed by atoms with Gasteiger partial charge in [0.2, 0.25) is 0 Å². The van der Waals surface area contributed by atoms with Gasteiger partial charge in [-0.1, -0.05) is 36.4 Å². The number of aromatic nitrogens is 1. The monoisotopic (exact) mass is 315 g/mol. The first-order valence-corrected chi connectivity index (χ1v) is 6.66. The number of hydrogen-bond acceptors (Lipinski definition) is 3. The Morgan fingerprint density at radius 1 is 0.913 bits per heavy atom. The summed E-state index contributed by atoms with van der Waals surface area (Å²) in [6.07, 6.45) is 0.663. The molecule has 3 rings (SSSR count). The number of rotatable bonds is 1. The van der Waals surface area contributed by atoms with Crippen molar-refractivity contribution in [2.75, 3.05) is 0 Å². The zero-order valence-electron chi connectivity index (χ0n) is 12.5. The molecule has 6 nitrogen and oxygen atoms in total. The van der Waals surface area contributed by atoms with Gasteiger partial charge in [0.1, 0.15) is 5.75 Å². The van der Waals surface area contributed by atoms with E-state index in [1.165, 1.54) is 10.9 Å². The van der Waals surface area contributed by atoms with Gasteiger partial charge in [-0.2, -0.15) is 0 Å². The lowest BCUT2D eigenvalue weighted by Crippen LogP contribution is -2.02. The highest BCUT2D eigenvalue weighted by atomic mass is 16.7. The summed E-state index contributed by atoms with van der Waals surface area (Å²) in [5, 5.41) is 16.8. The SMILES string of the molecule is CC(=O)O.O=C(O)Oc1ccccc1.c1ccc2[nH]ccc2c1. The molecule has 0 radical (unpaired) electrons. The van der Waals surface area contributed by atoms with E-state index in [-0.39, 0.29) is 0 Å². The molecule has 3 N–H and O–H groups in total. The van der Waals surface area contributed by atoms with Crippen LogP contribution in [0.2, 0.25) is 0 Å². The van der Waals surface area contributed by atoms with Gasteiger partial charge in [0.25, 0.3) is 5.97 Å². The minimum Gasteiger partial charge on any atom is -0.481 e. The molecular weight excluding hydrogens is 298 g/mol. The van der Waals surface area contributed by atoms with Crippen molar-refractivity contribution in [3.8, 4) is 5.75 Å². The number of H-pyrrole nitrogens is 1. The van der Waals surface area contributed by atoms with Crippen LogP contribution in [-0.2, 0) is 4.79 Å². The van der Waals surface area contributed by atoms with Gasteiger partial charge in [0.15, 0.2) is 0 Å².